The van der Waals surface area contributed by atoms with Gasteiger partial charge < -0.3 is 16.0 Å². The quantitative estimate of drug-likeness (QED) is 0.639. The fraction of sp³-hybridized carbons (Fsp3) is 0.600. The van der Waals surface area contributed by atoms with Crippen LogP contribution in [0.5, 0.6) is 0 Å². The van der Waals surface area contributed by atoms with Gasteiger partial charge in [0.25, 0.3) is 0 Å². The Morgan fingerprint density at radius 1 is 1.53 bits per heavy atom. The number of nitrogens with zero attached hydrogens (tertiary/aromatic N) is 3. The van der Waals surface area contributed by atoms with Crippen molar-refractivity contribution in [3.8, 4) is 0 Å². The van der Waals surface area contributed by atoms with Crippen molar-refractivity contribution in [3.05, 3.63) is 5.82 Å². The molecular formula is C10H16N6O2S. The van der Waals surface area contributed by atoms with Gasteiger partial charge in [-0.15, -0.1) is 10.2 Å². The van der Waals surface area contributed by atoms with Crippen LogP contribution in [0.25, 0.3) is 0 Å². The summed E-state index contributed by atoms with van der Waals surface area (Å²) in [5.41, 5.74) is 10.5. The average Bonchev–Trinajstić information content (AvgIpc) is 3.10. The van der Waals surface area contributed by atoms with E-state index in [1.807, 2.05) is 9.88 Å². The highest BCUT2D eigenvalue weighted by atomic mass is 32.2. The second-order valence-electron chi connectivity index (χ2n) is 4.32. The van der Waals surface area contributed by atoms with E-state index in [0.29, 0.717) is 23.6 Å². The zero-order chi connectivity index (χ0) is 14.0. The van der Waals surface area contributed by atoms with Crippen LogP contribution in [-0.4, -0.2) is 32.0 Å². The highest BCUT2D eigenvalue weighted by molar-refractivity contribution is 8.00. The summed E-state index contributed by atoms with van der Waals surface area (Å²) in [6.07, 6.45) is 2.14. The van der Waals surface area contributed by atoms with Crippen LogP contribution in [0.1, 0.15) is 31.6 Å². The highest BCUT2D eigenvalue weighted by Gasteiger charge is 2.30. The van der Waals surface area contributed by atoms with E-state index in [1.165, 1.54) is 11.8 Å². The summed E-state index contributed by atoms with van der Waals surface area (Å²) in [5.74, 6) is 0.268. The fourth-order valence-corrected chi connectivity index (χ4v) is 2.60. The minimum Gasteiger partial charge on any atom is -0.351 e. The van der Waals surface area contributed by atoms with Gasteiger partial charge in [0.05, 0.1) is 11.8 Å². The van der Waals surface area contributed by atoms with Gasteiger partial charge in [0.1, 0.15) is 5.82 Å². The van der Waals surface area contributed by atoms with Crippen molar-refractivity contribution in [2.24, 2.45) is 11.5 Å². The van der Waals surface area contributed by atoms with Crippen LogP contribution in [0.2, 0.25) is 0 Å². The van der Waals surface area contributed by atoms with E-state index < -0.39 is 17.2 Å². The number of imide groups is 1. The first-order valence-electron chi connectivity index (χ1n) is 5.93. The van der Waals surface area contributed by atoms with Crippen LogP contribution < -0.4 is 16.8 Å². The standard InChI is InChI=1S/C10H16N6O2S/c1-5(8(17)13-9(12)18)19-10-15-14-7(4-11)16(10)6-2-3-6/h5-6H,2-4,11H2,1H3,(H3,12,13,17,18). The van der Waals surface area contributed by atoms with E-state index in [9.17, 15) is 9.59 Å². The van der Waals surface area contributed by atoms with E-state index in [1.54, 1.807) is 6.92 Å². The zero-order valence-electron chi connectivity index (χ0n) is 10.5. The number of aromatic nitrogens is 3. The molecule has 2 rings (SSSR count). The minimum atomic E-state index is -0.858. The van der Waals surface area contributed by atoms with Gasteiger partial charge >= 0.3 is 6.03 Å². The minimum absolute atomic E-state index is 0.311. The molecule has 0 bridgehead atoms. The molecular weight excluding hydrogens is 268 g/mol. The number of hydrogen-bond acceptors (Lipinski definition) is 6. The normalized spacial score (nSPS) is 16.1. The summed E-state index contributed by atoms with van der Waals surface area (Å²) in [4.78, 5) is 22.2. The summed E-state index contributed by atoms with van der Waals surface area (Å²) in [6.45, 7) is 1.99. The summed E-state index contributed by atoms with van der Waals surface area (Å²) in [7, 11) is 0. The van der Waals surface area contributed by atoms with E-state index in [0.717, 1.165) is 12.8 Å². The molecule has 8 nitrogen and oxygen atoms in total. The lowest BCUT2D eigenvalue weighted by atomic mass is 10.4. The van der Waals surface area contributed by atoms with Crippen molar-refractivity contribution in [2.75, 3.05) is 0 Å². The first-order chi connectivity index (χ1) is 9.02. The second-order valence-corrected chi connectivity index (χ2v) is 5.63. The lowest BCUT2D eigenvalue weighted by Gasteiger charge is -2.11. The molecule has 0 saturated heterocycles. The van der Waals surface area contributed by atoms with Gasteiger partial charge in [-0.25, -0.2) is 4.79 Å². The van der Waals surface area contributed by atoms with E-state index in [-0.39, 0.29) is 0 Å². The molecule has 1 atom stereocenters. The molecule has 0 spiro atoms. The molecule has 0 aromatic carbocycles. The molecule has 19 heavy (non-hydrogen) atoms. The molecule has 9 heteroatoms. The number of rotatable bonds is 5. The molecule has 1 aromatic heterocycles. The SMILES string of the molecule is CC(Sc1nnc(CN)n1C1CC1)C(=O)NC(N)=O. The van der Waals surface area contributed by atoms with E-state index in [4.69, 9.17) is 11.5 Å². The Bertz CT molecular complexity index is 498. The molecule has 1 fully saturated rings. The smallest absolute Gasteiger partial charge is 0.318 e. The third kappa shape index (κ3) is 3.24. The molecule has 1 unspecified atom stereocenters. The van der Waals surface area contributed by atoms with Crippen LogP contribution in [0, 0.1) is 0 Å². The van der Waals surface area contributed by atoms with Gasteiger partial charge in [0.2, 0.25) is 5.91 Å². The molecule has 3 amide bonds. The maximum atomic E-state index is 11.6. The Kier molecular flexibility index (Phi) is 4.05. The van der Waals surface area contributed by atoms with E-state index in [2.05, 4.69) is 10.2 Å². The van der Waals surface area contributed by atoms with Crippen molar-refractivity contribution in [1.29, 1.82) is 0 Å². The van der Waals surface area contributed by atoms with E-state index >= 15 is 0 Å². The van der Waals surface area contributed by atoms with Crippen LogP contribution in [0.4, 0.5) is 4.79 Å². The van der Waals surface area contributed by atoms with Crippen LogP contribution in [0.3, 0.4) is 0 Å². The summed E-state index contributed by atoms with van der Waals surface area (Å²) < 4.78 is 1.97. The Morgan fingerprint density at radius 3 is 2.74 bits per heavy atom. The molecule has 0 aliphatic heterocycles. The number of nitrogens with one attached hydrogen (secondary N) is 1. The number of amides is 3. The number of carbonyl (C=O) groups excluding carboxylic acids is 2. The Hall–Kier alpha value is -1.61. The summed E-state index contributed by atoms with van der Waals surface area (Å²) in [6, 6.07) is -0.480. The summed E-state index contributed by atoms with van der Waals surface area (Å²) in [5, 5.41) is 10.3. The zero-order valence-corrected chi connectivity index (χ0v) is 11.3. The van der Waals surface area contributed by atoms with Gasteiger partial charge in [0, 0.05) is 6.04 Å². The first kappa shape index (κ1) is 13.8. The molecule has 1 aliphatic rings. The Labute approximate surface area is 114 Å². The monoisotopic (exact) mass is 284 g/mol. The van der Waals surface area contributed by atoms with Gasteiger partial charge in [0.15, 0.2) is 5.16 Å². The summed E-state index contributed by atoms with van der Waals surface area (Å²) >= 11 is 1.24. The number of nitrogens with two attached hydrogens (primary N) is 2. The lowest BCUT2D eigenvalue weighted by Crippen LogP contribution is -2.39. The number of carbonyl (C=O) groups is 2. The van der Waals surface area contributed by atoms with Gasteiger partial charge in [-0.2, -0.15) is 0 Å². The van der Waals surface area contributed by atoms with Gasteiger partial charge in [-0.3, -0.25) is 10.1 Å². The van der Waals surface area contributed by atoms with Crippen molar-refractivity contribution in [2.45, 2.75) is 42.8 Å². The number of urea groups is 1. The largest absolute Gasteiger partial charge is 0.351 e. The Morgan fingerprint density at radius 2 is 2.21 bits per heavy atom. The van der Waals surface area contributed by atoms with Crippen molar-refractivity contribution in [3.63, 3.8) is 0 Å². The molecule has 1 saturated carbocycles. The number of primary amides is 1. The average molecular weight is 284 g/mol. The number of hydrogen-bond donors (Lipinski definition) is 3. The van der Waals surface area contributed by atoms with Gasteiger partial charge in [-0.1, -0.05) is 11.8 Å². The van der Waals surface area contributed by atoms with Crippen molar-refractivity contribution < 1.29 is 9.59 Å². The van der Waals surface area contributed by atoms with Crippen LogP contribution in [-0.2, 0) is 11.3 Å². The molecule has 1 heterocycles. The van der Waals surface area contributed by atoms with Crippen molar-refractivity contribution in [1.82, 2.24) is 20.1 Å². The first-order valence-corrected chi connectivity index (χ1v) is 6.81. The molecule has 5 N–H and O–H groups in total. The predicted molar refractivity (Wildman–Crippen MR) is 69.2 cm³/mol. The van der Waals surface area contributed by atoms with Gasteiger partial charge in [-0.05, 0) is 19.8 Å². The molecule has 104 valence electrons. The topological polar surface area (TPSA) is 129 Å². The maximum Gasteiger partial charge on any atom is 0.318 e. The van der Waals surface area contributed by atoms with Crippen molar-refractivity contribution >= 4 is 23.7 Å². The molecule has 0 radical (unpaired) electrons. The third-order valence-electron chi connectivity index (χ3n) is 2.73. The predicted octanol–water partition coefficient (Wildman–Crippen LogP) is -0.253. The van der Waals surface area contributed by atoms with Crippen LogP contribution >= 0.6 is 11.8 Å². The van der Waals surface area contributed by atoms with Crippen LogP contribution in [0.15, 0.2) is 5.16 Å². The fourth-order valence-electron chi connectivity index (χ4n) is 1.66. The molecule has 1 aliphatic carbocycles. The Balaban J connectivity index is 2.08. The maximum absolute atomic E-state index is 11.6. The second kappa shape index (κ2) is 5.57. The highest BCUT2D eigenvalue weighted by Crippen LogP contribution is 2.39. The lowest BCUT2D eigenvalue weighted by molar-refractivity contribution is -0.119. The number of thioether (sulfide) groups is 1. The third-order valence-corrected chi connectivity index (χ3v) is 3.78. The molecule has 1 aromatic rings.